The highest BCUT2D eigenvalue weighted by Gasteiger charge is 2.16. The zero-order valence-corrected chi connectivity index (χ0v) is 12.8. The maximum Gasteiger partial charge on any atom is 0.275 e. The van der Waals surface area contributed by atoms with Crippen LogP contribution in [-0.2, 0) is 0 Å². The summed E-state index contributed by atoms with van der Waals surface area (Å²) in [6.45, 7) is 3.81. The summed E-state index contributed by atoms with van der Waals surface area (Å²) in [5.74, 6) is -0.579. The van der Waals surface area contributed by atoms with Gasteiger partial charge in [-0.2, -0.15) is 5.10 Å². The maximum atomic E-state index is 12.2. The number of furan rings is 1. The third-order valence-corrected chi connectivity index (χ3v) is 3.60. The van der Waals surface area contributed by atoms with Gasteiger partial charge in [0.25, 0.3) is 5.91 Å². The van der Waals surface area contributed by atoms with Crippen LogP contribution in [0, 0.1) is 13.8 Å². The Morgan fingerprint density at radius 1 is 1.17 bits per heavy atom. The van der Waals surface area contributed by atoms with Gasteiger partial charge in [0.05, 0.1) is 23.4 Å². The van der Waals surface area contributed by atoms with Crippen molar-refractivity contribution in [3.8, 4) is 5.75 Å². The number of amides is 1. The molecule has 0 radical (unpaired) electrons. The van der Waals surface area contributed by atoms with Crippen molar-refractivity contribution in [2.75, 3.05) is 0 Å². The third-order valence-electron chi connectivity index (χ3n) is 3.60. The van der Waals surface area contributed by atoms with Crippen LogP contribution in [0.5, 0.6) is 5.75 Å². The van der Waals surface area contributed by atoms with Crippen molar-refractivity contribution < 1.29 is 14.3 Å². The average molecular weight is 308 g/mol. The van der Waals surface area contributed by atoms with Gasteiger partial charge in [0, 0.05) is 0 Å². The molecule has 5 nitrogen and oxygen atoms in total. The van der Waals surface area contributed by atoms with E-state index in [0.717, 1.165) is 16.7 Å². The van der Waals surface area contributed by atoms with E-state index in [-0.39, 0.29) is 11.3 Å². The van der Waals surface area contributed by atoms with Crippen molar-refractivity contribution in [1.82, 2.24) is 5.43 Å². The van der Waals surface area contributed by atoms with Crippen molar-refractivity contribution in [2.24, 2.45) is 5.10 Å². The predicted molar refractivity (Wildman–Crippen MR) is 88.9 cm³/mol. The molecule has 1 heterocycles. The number of hydrazone groups is 1. The number of aryl methyl sites for hydroxylation is 2. The molecule has 1 amide bonds. The summed E-state index contributed by atoms with van der Waals surface area (Å²) in [4.78, 5) is 12.2. The fourth-order valence-electron chi connectivity index (χ4n) is 2.32. The molecular formula is C18H16N2O3. The molecule has 0 aliphatic rings. The Morgan fingerprint density at radius 2 is 1.91 bits per heavy atom. The first-order chi connectivity index (χ1) is 11.1. The molecule has 0 saturated carbocycles. The molecule has 0 aliphatic carbocycles. The van der Waals surface area contributed by atoms with Crippen LogP contribution in [0.15, 0.2) is 52.2 Å². The number of rotatable bonds is 3. The minimum absolute atomic E-state index is 0.100. The fourth-order valence-corrected chi connectivity index (χ4v) is 2.32. The van der Waals surface area contributed by atoms with Crippen LogP contribution < -0.4 is 5.43 Å². The van der Waals surface area contributed by atoms with Gasteiger partial charge in [-0.3, -0.25) is 4.79 Å². The van der Waals surface area contributed by atoms with Crippen molar-refractivity contribution in [3.05, 3.63) is 64.9 Å². The van der Waals surface area contributed by atoms with Gasteiger partial charge < -0.3 is 9.52 Å². The first-order valence-corrected chi connectivity index (χ1v) is 7.16. The Hall–Kier alpha value is -3.08. The first-order valence-electron chi connectivity index (χ1n) is 7.16. The van der Waals surface area contributed by atoms with Crippen LogP contribution in [0.2, 0.25) is 0 Å². The van der Waals surface area contributed by atoms with Crippen molar-refractivity contribution in [3.63, 3.8) is 0 Å². The summed E-state index contributed by atoms with van der Waals surface area (Å²) in [6.07, 6.45) is 3.09. The van der Waals surface area contributed by atoms with Gasteiger partial charge >= 0.3 is 0 Å². The summed E-state index contributed by atoms with van der Waals surface area (Å²) in [6, 6.07) is 10.9. The zero-order chi connectivity index (χ0) is 16.4. The number of aromatic hydroxyl groups is 1. The van der Waals surface area contributed by atoms with Crippen LogP contribution in [0.4, 0.5) is 0 Å². The smallest absolute Gasteiger partial charge is 0.275 e. The van der Waals surface area contributed by atoms with E-state index >= 15 is 0 Å². The van der Waals surface area contributed by atoms with Crippen LogP contribution in [0.1, 0.15) is 27.0 Å². The summed E-state index contributed by atoms with van der Waals surface area (Å²) >= 11 is 0. The number of carbonyl (C=O) groups is 1. The highest BCUT2D eigenvalue weighted by atomic mass is 16.3. The monoisotopic (exact) mass is 308 g/mol. The lowest BCUT2D eigenvalue weighted by molar-refractivity contribution is 0.0952. The highest BCUT2D eigenvalue weighted by molar-refractivity contribution is 6.03. The molecule has 2 aromatic carbocycles. The quantitative estimate of drug-likeness (QED) is 0.574. The second-order valence-corrected chi connectivity index (χ2v) is 5.36. The second-order valence-electron chi connectivity index (χ2n) is 5.36. The molecule has 0 fully saturated rings. The molecule has 0 atom stereocenters. The average Bonchev–Trinajstić information content (AvgIpc) is 2.91. The molecule has 0 unspecified atom stereocenters. The van der Waals surface area contributed by atoms with E-state index < -0.39 is 5.91 Å². The van der Waals surface area contributed by atoms with E-state index in [4.69, 9.17) is 4.42 Å². The largest absolute Gasteiger partial charge is 0.506 e. The number of carbonyl (C=O) groups excluding carboxylic acids is 1. The summed E-state index contributed by atoms with van der Waals surface area (Å²) in [7, 11) is 0. The normalized spacial score (nSPS) is 11.2. The van der Waals surface area contributed by atoms with E-state index in [0.29, 0.717) is 11.0 Å². The SMILES string of the molecule is Cc1ccc(/C=N/NC(=O)c2ccc3occ(C)c3c2O)cc1. The van der Waals surface area contributed by atoms with Gasteiger partial charge in [-0.1, -0.05) is 29.8 Å². The number of phenols is 1. The van der Waals surface area contributed by atoms with Crippen LogP contribution in [0.3, 0.4) is 0 Å². The van der Waals surface area contributed by atoms with Crippen molar-refractivity contribution in [1.29, 1.82) is 0 Å². The zero-order valence-electron chi connectivity index (χ0n) is 12.8. The number of hydrogen-bond donors (Lipinski definition) is 2. The fraction of sp³-hybridized carbons (Fsp3) is 0.111. The van der Waals surface area contributed by atoms with E-state index in [2.05, 4.69) is 10.5 Å². The first kappa shape index (κ1) is 14.8. The van der Waals surface area contributed by atoms with Gasteiger partial charge in [0.2, 0.25) is 0 Å². The maximum absolute atomic E-state index is 12.2. The molecule has 0 saturated heterocycles. The van der Waals surface area contributed by atoms with Gasteiger partial charge in [-0.15, -0.1) is 0 Å². The molecule has 5 heteroatoms. The van der Waals surface area contributed by atoms with Gasteiger partial charge in [0.1, 0.15) is 11.3 Å². The van der Waals surface area contributed by atoms with Crippen LogP contribution in [0.25, 0.3) is 11.0 Å². The Labute approximate surface area is 133 Å². The second kappa shape index (κ2) is 5.96. The Balaban J connectivity index is 1.79. The molecule has 0 bridgehead atoms. The lowest BCUT2D eigenvalue weighted by Gasteiger charge is -2.04. The van der Waals surface area contributed by atoms with Gasteiger partial charge in [0.15, 0.2) is 0 Å². The van der Waals surface area contributed by atoms with Crippen molar-refractivity contribution >= 4 is 23.1 Å². The molecule has 0 aliphatic heterocycles. The lowest BCUT2D eigenvalue weighted by Crippen LogP contribution is -2.17. The van der Waals surface area contributed by atoms with Gasteiger partial charge in [-0.25, -0.2) is 5.43 Å². The van der Waals surface area contributed by atoms with E-state index in [9.17, 15) is 9.90 Å². The number of nitrogens with zero attached hydrogens (tertiary/aromatic N) is 1. The molecule has 2 N–H and O–H groups in total. The molecule has 1 aromatic heterocycles. The van der Waals surface area contributed by atoms with E-state index in [1.54, 1.807) is 18.5 Å². The number of hydrogen-bond acceptors (Lipinski definition) is 4. The third kappa shape index (κ3) is 2.94. The van der Waals surface area contributed by atoms with E-state index in [1.807, 2.05) is 38.1 Å². The highest BCUT2D eigenvalue weighted by Crippen LogP contribution is 2.32. The molecule has 23 heavy (non-hydrogen) atoms. The van der Waals surface area contributed by atoms with Crippen molar-refractivity contribution in [2.45, 2.75) is 13.8 Å². The molecule has 3 aromatic rings. The summed E-state index contributed by atoms with van der Waals surface area (Å²) in [5.41, 5.74) is 5.92. The molecular weight excluding hydrogens is 292 g/mol. The number of phenolic OH excluding ortho intramolecular Hbond substituents is 1. The standard InChI is InChI=1S/C18H16N2O3/c1-11-3-5-13(6-4-11)9-19-20-18(22)14-7-8-15-16(17(14)21)12(2)10-23-15/h3-10,21H,1-2H3,(H,20,22)/b19-9+. The summed E-state index contributed by atoms with van der Waals surface area (Å²) < 4.78 is 5.29. The van der Waals surface area contributed by atoms with Crippen LogP contribution >= 0.6 is 0 Å². The minimum atomic E-state index is -0.478. The minimum Gasteiger partial charge on any atom is -0.506 e. The van der Waals surface area contributed by atoms with Gasteiger partial charge in [-0.05, 0) is 37.1 Å². The van der Waals surface area contributed by atoms with E-state index in [1.165, 1.54) is 6.07 Å². The summed E-state index contributed by atoms with van der Waals surface area (Å²) in [5, 5.41) is 14.7. The predicted octanol–water partition coefficient (Wildman–Crippen LogP) is 3.52. The Kier molecular flexibility index (Phi) is 3.85. The molecule has 3 rings (SSSR count). The van der Waals surface area contributed by atoms with Crippen LogP contribution in [-0.4, -0.2) is 17.2 Å². The molecule has 116 valence electrons. The lowest BCUT2D eigenvalue weighted by atomic mass is 10.1. The topological polar surface area (TPSA) is 74.8 Å². The number of benzene rings is 2. The Morgan fingerprint density at radius 3 is 2.65 bits per heavy atom. The Bertz CT molecular complexity index is 893. The molecule has 0 spiro atoms. The number of nitrogens with one attached hydrogen (secondary N) is 1. The number of fused-ring (bicyclic) bond motifs is 1.